The lowest BCUT2D eigenvalue weighted by Gasteiger charge is -2.09. The lowest BCUT2D eigenvalue weighted by atomic mass is 10.1. The van der Waals surface area contributed by atoms with Crippen LogP contribution < -0.4 is 9.47 Å². The minimum Gasteiger partial charge on any atom is -0.490 e. The zero-order chi connectivity index (χ0) is 15.9. The third kappa shape index (κ3) is 4.73. The summed E-state index contributed by atoms with van der Waals surface area (Å²) in [4.78, 5) is 13.1. The first-order valence-electron chi connectivity index (χ1n) is 7.88. The normalized spacial score (nSPS) is 13.4. The second kappa shape index (κ2) is 8.02. The summed E-state index contributed by atoms with van der Waals surface area (Å²) in [6, 6.07) is 9.91. The predicted molar refractivity (Wildman–Crippen MR) is 89.4 cm³/mol. The number of rotatable bonds is 6. The summed E-state index contributed by atoms with van der Waals surface area (Å²) < 4.78 is 16.5. The number of carbonyl (C=O) groups excluding carboxylic acids is 1. The SMILES string of the molecule is O=C(CCc1ccc2c(c1)OCCCO2)OCCc1cccs1. The van der Waals surface area contributed by atoms with E-state index < -0.39 is 0 Å². The van der Waals surface area contributed by atoms with Gasteiger partial charge in [-0.05, 0) is 35.6 Å². The summed E-state index contributed by atoms with van der Waals surface area (Å²) in [6.45, 7) is 1.80. The first-order valence-corrected chi connectivity index (χ1v) is 8.76. The van der Waals surface area contributed by atoms with E-state index in [9.17, 15) is 4.79 Å². The molecule has 122 valence electrons. The third-order valence-corrected chi connectivity index (χ3v) is 4.56. The van der Waals surface area contributed by atoms with Crippen molar-refractivity contribution in [2.45, 2.75) is 25.7 Å². The van der Waals surface area contributed by atoms with Crippen molar-refractivity contribution in [2.75, 3.05) is 19.8 Å². The van der Waals surface area contributed by atoms with Crippen LogP contribution in [0.4, 0.5) is 0 Å². The second-order valence-corrected chi connectivity index (χ2v) is 6.41. The number of hydrogen-bond donors (Lipinski definition) is 0. The Morgan fingerprint density at radius 3 is 2.83 bits per heavy atom. The van der Waals surface area contributed by atoms with Gasteiger partial charge in [-0.3, -0.25) is 4.79 Å². The van der Waals surface area contributed by atoms with E-state index in [2.05, 4.69) is 6.07 Å². The van der Waals surface area contributed by atoms with E-state index in [1.807, 2.05) is 29.6 Å². The Morgan fingerprint density at radius 2 is 2.00 bits per heavy atom. The van der Waals surface area contributed by atoms with E-state index in [1.54, 1.807) is 11.3 Å². The van der Waals surface area contributed by atoms with Gasteiger partial charge in [0, 0.05) is 24.1 Å². The minimum atomic E-state index is -0.159. The van der Waals surface area contributed by atoms with E-state index in [-0.39, 0.29) is 5.97 Å². The summed E-state index contributed by atoms with van der Waals surface area (Å²) >= 11 is 1.68. The highest BCUT2D eigenvalue weighted by atomic mass is 32.1. The van der Waals surface area contributed by atoms with Crippen molar-refractivity contribution in [3.8, 4) is 11.5 Å². The number of thiophene rings is 1. The number of benzene rings is 1. The molecule has 23 heavy (non-hydrogen) atoms. The summed E-state index contributed by atoms with van der Waals surface area (Å²) in [6.07, 6.45) is 2.70. The van der Waals surface area contributed by atoms with Gasteiger partial charge >= 0.3 is 5.97 Å². The van der Waals surface area contributed by atoms with Crippen molar-refractivity contribution in [1.82, 2.24) is 0 Å². The molecular formula is C18H20O4S. The number of aryl methyl sites for hydroxylation is 1. The third-order valence-electron chi connectivity index (χ3n) is 3.62. The number of ether oxygens (including phenoxy) is 3. The van der Waals surface area contributed by atoms with Gasteiger partial charge in [-0.1, -0.05) is 12.1 Å². The van der Waals surface area contributed by atoms with Gasteiger partial charge in [0.1, 0.15) is 0 Å². The number of fused-ring (bicyclic) bond motifs is 1. The lowest BCUT2D eigenvalue weighted by Crippen LogP contribution is -2.08. The summed E-state index contributed by atoms with van der Waals surface area (Å²) in [5.41, 5.74) is 1.06. The van der Waals surface area contributed by atoms with Crippen LogP contribution in [0, 0.1) is 0 Å². The van der Waals surface area contributed by atoms with Crippen LogP contribution >= 0.6 is 11.3 Å². The molecule has 0 N–H and O–H groups in total. The Bertz CT molecular complexity index is 636. The van der Waals surface area contributed by atoms with Crippen LogP contribution in [-0.2, 0) is 22.4 Å². The fourth-order valence-corrected chi connectivity index (χ4v) is 3.09. The van der Waals surface area contributed by atoms with Crippen molar-refractivity contribution in [1.29, 1.82) is 0 Å². The van der Waals surface area contributed by atoms with E-state index in [0.29, 0.717) is 32.7 Å². The van der Waals surface area contributed by atoms with Gasteiger partial charge in [0.05, 0.1) is 19.8 Å². The molecule has 0 spiro atoms. The molecular weight excluding hydrogens is 312 g/mol. The Morgan fingerprint density at radius 1 is 1.13 bits per heavy atom. The molecule has 0 unspecified atom stereocenters. The molecule has 0 saturated carbocycles. The molecule has 0 radical (unpaired) electrons. The highest BCUT2D eigenvalue weighted by molar-refractivity contribution is 7.09. The van der Waals surface area contributed by atoms with E-state index in [0.717, 1.165) is 29.9 Å². The zero-order valence-corrected chi connectivity index (χ0v) is 13.8. The van der Waals surface area contributed by atoms with Gasteiger partial charge in [0.15, 0.2) is 11.5 Å². The number of hydrogen-bond acceptors (Lipinski definition) is 5. The fourth-order valence-electron chi connectivity index (χ4n) is 2.40. The maximum absolute atomic E-state index is 11.8. The molecule has 0 saturated heterocycles. The van der Waals surface area contributed by atoms with Crippen LogP contribution in [0.3, 0.4) is 0 Å². The molecule has 5 heteroatoms. The maximum Gasteiger partial charge on any atom is 0.306 e. The fraction of sp³-hybridized carbons (Fsp3) is 0.389. The molecule has 1 aromatic heterocycles. The Hall–Kier alpha value is -2.01. The minimum absolute atomic E-state index is 0.159. The highest BCUT2D eigenvalue weighted by Gasteiger charge is 2.11. The molecule has 4 nitrogen and oxygen atoms in total. The second-order valence-electron chi connectivity index (χ2n) is 5.38. The standard InChI is InChI=1S/C18H20O4S/c19-18(22-11-8-15-3-1-12-23-15)7-5-14-4-6-16-17(13-14)21-10-2-9-20-16/h1,3-4,6,12-13H,2,5,7-11H2. The van der Waals surface area contributed by atoms with Gasteiger partial charge in [0.2, 0.25) is 0 Å². The smallest absolute Gasteiger partial charge is 0.306 e. The topological polar surface area (TPSA) is 44.8 Å². The summed E-state index contributed by atoms with van der Waals surface area (Å²) in [5, 5.41) is 2.03. The molecule has 1 aromatic carbocycles. The summed E-state index contributed by atoms with van der Waals surface area (Å²) in [7, 11) is 0. The molecule has 2 aromatic rings. The zero-order valence-electron chi connectivity index (χ0n) is 13.0. The van der Waals surface area contributed by atoms with Crippen LogP contribution in [0.1, 0.15) is 23.3 Å². The van der Waals surface area contributed by atoms with Crippen LogP contribution in [0.15, 0.2) is 35.7 Å². The largest absolute Gasteiger partial charge is 0.490 e. The van der Waals surface area contributed by atoms with Crippen molar-refractivity contribution in [3.05, 3.63) is 46.2 Å². The van der Waals surface area contributed by atoms with Gasteiger partial charge in [-0.2, -0.15) is 0 Å². The van der Waals surface area contributed by atoms with Crippen molar-refractivity contribution < 1.29 is 19.0 Å². The molecule has 0 bridgehead atoms. The van der Waals surface area contributed by atoms with Gasteiger partial charge < -0.3 is 14.2 Å². The van der Waals surface area contributed by atoms with Gasteiger partial charge in [-0.15, -0.1) is 11.3 Å². The average molecular weight is 332 g/mol. The van der Waals surface area contributed by atoms with Crippen molar-refractivity contribution in [3.63, 3.8) is 0 Å². The Balaban J connectivity index is 1.44. The molecule has 2 heterocycles. The van der Waals surface area contributed by atoms with Crippen LogP contribution in [0.25, 0.3) is 0 Å². The Labute approximate surface area is 140 Å². The molecule has 0 fully saturated rings. The van der Waals surface area contributed by atoms with E-state index in [4.69, 9.17) is 14.2 Å². The van der Waals surface area contributed by atoms with Crippen LogP contribution in [0.2, 0.25) is 0 Å². The average Bonchev–Trinajstić information content (AvgIpc) is 2.96. The lowest BCUT2D eigenvalue weighted by molar-refractivity contribution is -0.143. The first-order chi connectivity index (χ1) is 11.3. The molecule has 0 atom stereocenters. The van der Waals surface area contributed by atoms with E-state index in [1.165, 1.54) is 4.88 Å². The first kappa shape index (κ1) is 15.9. The number of carbonyl (C=O) groups is 1. The van der Waals surface area contributed by atoms with Gasteiger partial charge in [-0.25, -0.2) is 0 Å². The van der Waals surface area contributed by atoms with E-state index >= 15 is 0 Å². The van der Waals surface area contributed by atoms with Crippen molar-refractivity contribution >= 4 is 17.3 Å². The molecule has 1 aliphatic rings. The maximum atomic E-state index is 11.8. The Kier molecular flexibility index (Phi) is 5.53. The van der Waals surface area contributed by atoms with Crippen LogP contribution in [0.5, 0.6) is 11.5 Å². The number of esters is 1. The summed E-state index contributed by atoms with van der Waals surface area (Å²) in [5.74, 6) is 1.39. The van der Waals surface area contributed by atoms with Crippen molar-refractivity contribution in [2.24, 2.45) is 0 Å². The molecule has 3 rings (SSSR count). The van der Waals surface area contributed by atoms with Crippen LogP contribution in [-0.4, -0.2) is 25.8 Å². The molecule has 0 aliphatic carbocycles. The van der Waals surface area contributed by atoms with Gasteiger partial charge in [0.25, 0.3) is 0 Å². The molecule has 1 aliphatic heterocycles. The predicted octanol–water partition coefficient (Wildman–Crippen LogP) is 3.63. The monoisotopic (exact) mass is 332 g/mol. The molecule has 0 amide bonds. The highest BCUT2D eigenvalue weighted by Crippen LogP contribution is 2.30. The quantitative estimate of drug-likeness (QED) is 0.758.